The highest BCUT2D eigenvalue weighted by Crippen LogP contribution is 2.35. The van der Waals surface area contributed by atoms with Crippen molar-refractivity contribution < 1.29 is 19.0 Å². The molecule has 1 saturated heterocycles. The molecule has 0 radical (unpaired) electrons. The summed E-state index contributed by atoms with van der Waals surface area (Å²) in [7, 11) is 4.88. The first-order valence-electron chi connectivity index (χ1n) is 12.2. The summed E-state index contributed by atoms with van der Waals surface area (Å²) in [5.41, 5.74) is 3.89. The highest BCUT2D eigenvalue weighted by molar-refractivity contribution is 5.99. The van der Waals surface area contributed by atoms with Gasteiger partial charge in [0.05, 0.1) is 32.7 Å². The molecule has 1 amide bonds. The Morgan fingerprint density at radius 3 is 2.14 bits per heavy atom. The predicted molar refractivity (Wildman–Crippen MR) is 143 cm³/mol. The molecule has 0 aliphatic carbocycles. The molecule has 0 N–H and O–H groups in total. The van der Waals surface area contributed by atoms with E-state index < -0.39 is 0 Å². The molecule has 1 aliphatic rings. The molecule has 1 fully saturated rings. The Morgan fingerprint density at radius 1 is 0.757 bits per heavy atom. The molecule has 8 nitrogen and oxygen atoms in total. The fourth-order valence-corrected chi connectivity index (χ4v) is 4.65. The molecule has 0 atom stereocenters. The van der Waals surface area contributed by atoms with Crippen LogP contribution in [0.5, 0.6) is 17.2 Å². The number of anilines is 1. The van der Waals surface area contributed by atoms with Crippen LogP contribution in [-0.4, -0.2) is 68.1 Å². The summed E-state index contributed by atoms with van der Waals surface area (Å²) in [6, 6.07) is 23.4. The summed E-state index contributed by atoms with van der Waals surface area (Å²) in [6.07, 6.45) is 1.90. The second-order valence-electron chi connectivity index (χ2n) is 8.69. The van der Waals surface area contributed by atoms with Gasteiger partial charge in [-0.25, -0.2) is 4.68 Å². The molecular formula is C29H30N4O4. The predicted octanol–water partition coefficient (Wildman–Crippen LogP) is 4.53. The Labute approximate surface area is 216 Å². The van der Waals surface area contributed by atoms with E-state index in [2.05, 4.69) is 4.90 Å². The van der Waals surface area contributed by atoms with Crippen LogP contribution in [-0.2, 0) is 0 Å². The minimum absolute atomic E-state index is 0.0980. The van der Waals surface area contributed by atoms with Gasteiger partial charge in [-0.1, -0.05) is 36.4 Å². The SMILES string of the molecule is COc1ccc(-c2cn(-c3ccccc3)nc2C(=O)N2CCN(c3ccccc3OC)CC2)cc1OC. The average molecular weight is 499 g/mol. The monoisotopic (exact) mass is 498 g/mol. The molecule has 190 valence electrons. The summed E-state index contributed by atoms with van der Waals surface area (Å²) in [5.74, 6) is 1.96. The van der Waals surface area contributed by atoms with E-state index in [0.29, 0.717) is 43.4 Å². The van der Waals surface area contributed by atoms with Gasteiger partial charge in [-0.2, -0.15) is 5.10 Å². The number of carbonyl (C=O) groups is 1. The van der Waals surface area contributed by atoms with Crippen molar-refractivity contribution in [3.8, 4) is 34.1 Å². The van der Waals surface area contributed by atoms with E-state index in [0.717, 1.165) is 28.3 Å². The lowest BCUT2D eigenvalue weighted by atomic mass is 10.0. The minimum Gasteiger partial charge on any atom is -0.495 e. The third-order valence-electron chi connectivity index (χ3n) is 6.62. The standard InChI is InChI=1S/C29H30N4O4/c1-35-25-12-8-7-11-24(25)31-15-17-32(18-16-31)29(34)28-23(20-33(30-28)22-9-5-4-6-10-22)21-13-14-26(36-2)27(19-21)37-3/h4-14,19-20H,15-18H2,1-3H3. The molecule has 8 heteroatoms. The van der Waals surface area contributed by atoms with Crippen molar-refractivity contribution in [2.24, 2.45) is 0 Å². The van der Waals surface area contributed by atoms with E-state index in [1.807, 2.05) is 83.9 Å². The number of piperazine rings is 1. The largest absolute Gasteiger partial charge is 0.495 e. The van der Waals surface area contributed by atoms with Crippen molar-refractivity contribution in [1.29, 1.82) is 0 Å². The van der Waals surface area contributed by atoms with E-state index in [1.165, 1.54) is 0 Å². The van der Waals surface area contributed by atoms with Crippen molar-refractivity contribution in [2.45, 2.75) is 0 Å². The number of amides is 1. The van der Waals surface area contributed by atoms with Gasteiger partial charge < -0.3 is 24.0 Å². The quantitative estimate of drug-likeness (QED) is 0.373. The lowest BCUT2D eigenvalue weighted by molar-refractivity contribution is 0.0741. The first-order chi connectivity index (χ1) is 18.1. The maximum Gasteiger partial charge on any atom is 0.275 e. The summed E-state index contributed by atoms with van der Waals surface area (Å²) >= 11 is 0. The molecule has 0 spiro atoms. The van der Waals surface area contributed by atoms with E-state index in [1.54, 1.807) is 26.0 Å². The van der Waals surface area contributed by atoms with Crippen molar-refractivity contribution >= 4 is 11.6 Å². The van der Waals surface area contributed by atoms with Gasteiger partial charge in [0.1, 0.15) is 5.75 Å². The fourth-order valence-electron chi connectivity index (χ4n) is 4.65. The van der Waals surface area contributed by atoms with Gasteiger partial charge in [-0.05, 0) is 42.0 Å². The molecule has 5 rings (SSSR count). The summed E-state index contributed by atoms with van der Waals surface area (Å²) < 4.78 is 18.2. The zero-order valence-electron chi connectivity index (χ0n) is 21.3. The molecule has 4 aromatic rings. The molecule has 0 unspecified atom stereocenters. The first kappa shape index (κ1) is 24.2. The number of aromatic nitrogens is 2. The molecule has 2 heterocycles. The Hall–Kier alpha value is -4.46. The smallest absolute Gasteiger partial charge is 0.275 e. The van der Waals surface area contributed by atoms with Crippen LogP contribution in [0.15, 0.2) is 79.0 Å². The lowest BCUT2D eigenvalue weighted by Gasteiger charge is -2.36. The van der Waals surface area contributed by atoms with Crippen LogP contribution in [0.25, 0.3) is 16.8 Å². The minimum atomic E-state index is -0.0980. The highest BCUT2D eigenvalue weighted by atomic mass is 16.5. The number of para-hydroxylation sites is 3. The number of carbonyl (C=O) groups excluding carboxylic acids is 1. The Morgan fingerprint density at radius 2 is 1.43 bits per heavy atom. The van der Waals surface area contributed by atoms with Crippen LogP contribution in [0.3, 0.4) is 0 Å². The molecular weight excluding hydrogens is 468 g/mol. The van der Waals surface area contributed by atoms with Gasteiger partial charge in [-0.15, -0.1) is 0 Å². The van der Waals surface area contributed by atoms with Gasteiger partial charge in [0.2, 0.25) is 0 Å². The zero-order valence-corrected chi connectivity index (χ0v) is 21.3. The normalized spacial score (nSPS) is 13.4. The van der Waals surface area contributed by atoms with Crippen molar-refractivity contribution in [2.75, 3.05) is 52.4 Å². The molecule has 3 aromatic carbocycles. The molecule has 0 bridgehead atoms. The van der Waals surface area contributed by atoms with E-state index >= 15 is 0 Å². The maximum absolute atomic E-state index is 13.8. The van der Waals surface area contributed by atoms with E-state index in [4.69, 9.17) is 19.3 Å². The van der Waals surface area contributed by atoms with Crippen molar-refractivity contribution in [1.82, 2.24) is 14.7 Å². The van der Waals surface area contributed by atoms with Gasteiger partial charge >= 0.3 is 0 Å². The summed E-state index contributed by atoms with van der Waals surface area (Å²) in [6.45, 7) is 2.58. The number of rotatable bonds is 7. The number of nitrogens with zero attached hydrogens (tertiary/aromatic N) is 4. The number of hydrogen-bond acceptors (Lipinski definition) is 6. The molecule has 1 aliphatic heterocycles. The molecule has 1 aromatic heterocycles. The third-order valence-corrected chi connectivity index (χ3v) is 6.62. The van der Waals surface area contributed by atoms with Gasteiger partial charge in [0, 0.05) is 37.9 Å². The number of ether oxygens (including phenoxy) is 3. The Balaban J connectivity index is 1.45. The van der Waals surface area contributed by atoms with Crippen LogP contribution < -0.4 is 19.1 Å². The summed E-state index contributed by atoms with van der Waals surface area (Å²) in [5, 5.41) is 4.75. The third kappa shape index (κ3) is 4.82. The number of benzene rings is 3. The zero-order chi connectivity index (χ0) is 25.8. The Kier molecular flexibility index (Phi) is 6.98. The van der Waals surface area contributed by atoms with Crippen molar-refractivity contribution in [3.63, 3.8) is 0 Å². The van der Waals surface area contributed by atoms with Crippen LogP contribution in [0.4, 0.5) is 5.69 Å². The van der Waals surface area contributed by atoms with Gasteiger partial charge in [-0.3, -0.25) is 4.79 Å². The van der Waals surface area contributed by atoms with Crippen molar-refractivity contribution in [3.05, 3.63) is 84.7 Å². The fraction of sp³-hybridized carbons (Fsp3) is 0.241. The van der Waals surface area contributed by atoms with E-state index in [9.17, 15) is 4.79 Å². The second-order valence-corrected chi connectivity index (χ2v) is 8.69. The van der Waals surface area contributed by atoms with Crippen LogP contribution in [0, 0.1) is 0 Å². The van der Waals surface area contributed by atoms with Gasteiger partial charge in [0.25, 0.3) is 5.91 Å². The Bertz CT molecular complexity index is 1380. The number of hydrogen-bond donors (Lipinski definition) is 0. The van der Waals surface area contributed by atoms with Crippen LogP contribution >= 0.6 is 0 Å². The maximum atomic E-state index is 13.8. The van der Waals surface area contributed by atoms with Gasteiger partial charge in [0.15, 0.2) is 17.2 Å². The van der Waals surface area contributed by atoms with E-state index in [-0.39, 0.29) is 5.91 Å². The van der Waals surface area contributed by atoms with Crippen LogP contribution in [0.2, 0.25) is 0 Å². The molecule has 37 heavy (non-hydrogen) atoms. The summed E-state index contributed by atoms with van der Waals surface area (Å²) in [4.78, 5) is 18.0. The highest BCUT2D eigenvalue weighted by Gasteiger charge is 2.28. The first-order valence-corrected chi connectivity index (χ1v) is 12.2. The number of methoxy groups -OCH3 is 3. The average Bonchev–Trinajstić information content (AvgIpc) is 3.42. The second kappa shape index (κ2) is 10.7. The van der Waals surface area contributed by atoms with Crippen LogP contribution in [0.1, 0.15) is 10.5 Å². The molecule has 0 saturated carbocycles. The lowest BCUT2D eigenvalue weighted by Crippen LogP contribution is -2.49. The topological polar surface area (TPSA) is 69.1 Å².